The van der Waals surface area contributed by atoms with Gasteiger partial charge in [0.15, 0.2) is 0 Å². The Balaban J connectivity index is 1.31. The van der Waals surface area contributed by atoms with Gasteiger partial charge in [-0.25, -0.2) is 0 Å². The van der Waals surface area contributed by atoms with Crippen molar-refractivity contribution in [2.45, 2.75) is 18.9 Å². The topological polar surface area (TPSA) is 51.2 Å². The first-order chi connectivity index (χ1) is 13.2. The predicted octanol–water partition coefficient (Wildman–Crippen LogP) is 4.62. The number of aromatic nitrogens is 1. The normalized spacial score (nSPS) is 21.7. The van der Waals surface area contributed by atoms with Crippen molar-refractivity contribution in [2.75, 3.05) is 6.54 Å². The third-order valence-corrected chi connectivity index (χ3v) is 5.70. The summed E-state index contributed by atoms with van der Waals surface area (Å²) in [4.78, 5) is 16.1. The Morgan fingerprint density at radius 3 is 3.15 bits per heavy atom. The van der Waals surface area contributed by atoms with Crippen molar-refractivity contribution in [1.82, 2.24) is 10.3 Å². The van der Waals surface area contributed by atoms with Crippen LogP contribution in [0.4, 0.5) is 0 Å². The van der Waals surface area contributed by atoms with E-state index < -0.39 is 0 Å². The smallest absolute Gasteiger partial charge is 0.244 e. The second kappa shape index (κ2) is 8.11. The van der Waals surface area contributed by atoms with E-state index in [0.717, 1.165) is 24.2 Å². The summed E-state index contributed by atoms with van der Waals surface area (Å²) in [5.41, 5.74) is 3.37. The largest absolute Gasteiger partial charge is 0.491 e. The summed E-state index contributed by atoms with van der Waals surface area (Å²) in [6, 6.07) is 5.85. The molecule has 0 radical (unpaired) electrons. The van der Waals surface area contributed by atoms with Gasteiger partial charge in [0.05, 0.1) is 11.6 Å². The molecular weight excluding hydrogens is 380 g/mol. The van der Waals surface area contributed by atoms with Crippen LogP contribution >= 0.6 is 22.9 Å². The second-order valence-electron chi connectivity index (χ2n) is 6.64. The van der Waals surface area contributed by atoms with Crippen LogP contribution in [0.1, 0.15) is 24.0 Å². The van der Waals surface area contributed by atoms with Crippen LogP contribution < -0.4 is 5.32 Å². The van der Waals surface area contributed by atoms with Crippen LogP contribution in [0.5, 0.6) is 0 Å². The van der Waals surface area contributed by atoms with E-state index in [2.05, 4.69) is 27.1 Å². The van der Waals surface area contributed by atoms with Crippen molar-refractivity contribution in [3.63, 3.8) is 0 Å². The molecule has 2 atom stereocenters. The number of nitrogens with one attached hydrogen (secondary N) is 1. The van der Waals surface area contributed by atoms with Crippen LogP contribution in [0.25, 0.3) is 11.6 Å². The van der Waals surface area contributed by atoms with E-state index in [1.54, 1.807) is 29.8 Å². The maximum absolute atomic E-state index is 12.0. The van der Waals surface area contributed by atoms with E-state index in [1.807, 2.05) is 18.2 Å². The first kappa shape index (κ1) is 18.0. The van der Waals surface area contributed by atoms with Gasteiger partial charge in [0.2, 0.25) is 5.91 Å². The lowest BCUT2D eigenvalue weighted by Gasteiger charge is -2.18. The summed E-state index contributed by atoms with van der Waals surface area (Å²) in [7, 11) is 0. The van der Waals surface area contributed by atoms with Crippen molar-refractivity contribution in [3.8, 4) is 0 Å². The molecule has 1 N–H and O–H groups in total. The first-order valence-electron chi connectivity index (χ1n) is 8.84. The molecule has 0 bridgehead atoms. The number of thiophene rings is 1. The molecule has 2 unspecified atom stereocenters. The Morgan fingerprint density at radius 1 is 1.44 bits per heavy atom. The third-order valence-electron chi connectivity index (χ3n) is 4.72. The quantitative estimate of drug-likeness (QED) is 0.748. The molecule has 2 aromatic heterocycles. The van der Waals surface area contributed by atoms with Gasteiger partial charge in [-0.3, -0.25) is 9.78 Å². The number of hydrogen-bond donors (Lipinski definition) is 1. The minimum atomic E-state index is -0.144. The second-order valence-corrected chi connectivity index (χ2v) is 7.82. The van der Waals surface area contributed by atoms with Gasteiger partial charge < -0.3 is 10.1 Å². The molecule has 138 valence electrons. The van der Waals surface area contributed by atoms with Gasteiger partial charge in [-0.05, 0) is 64.6 Å². The summed E-state index contributed by atoms with van der Waals surface area (Å²) in [5.74, 6) is 1.00. The standard InChI is InChI=1S/C21H19ClN2O2S/c22-19-10-16(15-5-7-27-13-15)8-17-9-18(26-21(17)19)12-24-20(25)4-3-14-2-1-6-23-11-14/h1-7,10-11,13,17-18H,8-9,12H2,(H,24,25). The van der Waals surface area contributed by atoms with Gasteiger partial charge in [-0.1, -0.05) is 17.7 Å². The fourth-order valence-electron chi connectivity index (χ4n) is 3.42. The SMILES string of the molecule is O=C(C=Cc1cccnc1)NCC1CC2CC(c3ccsc3)=CC(Cl)=C2O1. The molecule has 1 aliphatic carbocycles. The van der Waals surface area contributed by atoms with E-state index in [9.17, 15) is 4.79 Å². The zero-order valence-electron chi connectivity index (χ0n) is 14.6. The summed E-state index contributed by atoms with van der Waals surface area (Å²) in [6.07, 6.45) is 10.4. The van der Waals surface area contributed by atoms with Crippen LogP contribution in [-0.2, 0) is 9.53 Å². The molecule has 1 amide bonds. The molecule has 1 aliphatic heterocycles. The average molecular weight is 399 g/mol. The van der Waals surface area contributed by atoms with Crippen molar-refractivity contribution in [3.05, 3.63) is 75.4 Å². The number of carbonyl (C=O) groups excluding carboxylic acids is 1. The highest BCUT2D eigenvalue weighted by molar-refractivity contribution is 7.08. The Bertz CT molecular complexity index is 904. The van der Waals surface area contributed by atoms with E-state index in [0.29, 0.717) is 11.6 Å². The van der Waals surface area contributed by atoms with E-state index in [4.69, 9.17) is 16.3 Å². The van der Waals surface area contributed by atoms with Crippen LogP contribution in [-0.4, -0.2) is 23.5 Å². The predicted molar refractivity (Wildman–Crippen MR) is 109 cm³/mol. The Kier molecular flexibility index (Phi) is 5.41. The number of carbonyl (C=O) groups is 1. The Labute approximate surface area is 167 Å². The van der Waals surface area contributed by atoms with Crippen molar-refractivity contribution in [2.24, 2.45) is 5.92 Å². The van der Waals surface area contributed by atoms with E-state index >= 15 is 0 Å². The minimum Gasteiger partial charge on any atom is -0.491 e. The van der Waals surface area contributed by atoms with Crippen LogP contribution in [0, 0.1) is 5.92 Å². The molecule has 3 heterocycles. The highest BCUT2D eigenvalue weighted by Gasteiger charge is 2.35. The summed E-state index contributed by atoms with van der Waals surface area (Å²) in [6.45, 7) is 0.466. The highest BCUT2D eigenvalue weighted by atomic mass is 35.5. The lowest BCUT2D eigenvalue weighted by atomic mass is 9.88. The molecule has 6 heteroatoms. The molecule has 4 rings (SSSR count). The molecule has 4 nitrogen and oxygen atoms in total. The van der Waals surface area contributed by atoms with E-state index in [1.165, 1.54) is 17.2 Å². The van der Waals surface area contributed by atoms with Gasteiger partial charge in [0, 0.05) is 24.4 Å². The molecule has 27 heavy (non-hydrogen) atoms. The fraction of sp³-hybridized carbons (Fsp3) is 0.238. The average Bonchev–Trinajstić information content (AvgIpc) is 3.35. The maximum Gasteiger partial charge on any atom is 0.244 e. The number of allylic oxidation sites excluding steroid dienone is 4. The van der Waals surface area contributed by atoms with Gasteiger partial charge in [0.25, 0.3) is 0 Å². The number of ether oxygens (including phenoxy) is 1. The minimum absolute atomic E-state index is 0.0512. The van der Waals surface area contributed by atoms with Gasteiger partial charge in [0.1, 0.15) is 11.9 Å². The molecule has 0 saturated carbocycles. The zero-order valence-corrected chi connectivity index (χ0v) is 16.2. The lowest BCUT2D eigenvalue weighted by molar-refractivity contribution is -0.116. The third kappa shape index (κ3) is 4.31. The first-order valence-corrected chi connectivity index (χ1v) is 10.2. The number of halogens is 1. The monoisotopic (exact) mass is 398 g/mol. The summed E-state index contributed by atoms with van der Waals surface area (Å²) < 4.78 is 6.01. The van der Waals surface area contributed by atoms with Crippen LogP contribution in [0.3, 0.4) is 0 Å². The molecule has 1 saturated heterocycles. The Morgan fingerprint density at radius 2 is 2.37 bits per heavy atom. The number of nitrogens with zero attached hydrogens (tertiary/aromatic N) is 1. The molecular formula is C21H19ClN2O2S. The molecule has 0 aromatic carbocycles. The van der Waals surface area contributed by atoms with Crippen molar-refractivity contribution < 1.29 is 9.53 Å². The summed E-state index contributed by atoms with van der Waals surface area (Å²) >= 11 is 8.14. The molecule has 0 spiro atoms. The number of rotatable bonds is 5. The van der Waals surface area contributed by atoms with Gasteiger partial charge >= 0.3 is 0 Å². The summed E-state index contributed by atoms with van der Waals surface area (Å²) in [5, 5.41) is 7.80. The van der Waals surface area contributed by atoms with Crippen molar-refractivity contribution >= 4 is 40.5 Å². The fourth-order valence-corrected chi connectivity index (χ4v) is 4.43. The molecule has 1 fully saturated rings. The maximum atomic E-state index is 12.0. The highest BCUT2D eigenvalue weighted by Crippen LogP contribution is 2.44. The van der Waals surface area contributed by atoms with Gasteiger partial charge in [-0.2, -0.15) is 11.3 Å². The molecule has 2 aliphatic rings. The number of amides is 1. The van der Waals surface area contributed by atoms with Crippen LogP contribution in [0.15, 0.2) is 64.3 Å². The zero-order chi connectivity index (χ0) is 18.6. The Hall–Kier alpha value is -2.37. The lowest BCUT2D eigenvalue weighted by Crippen LogP contribution is -2.30. The van der Waals surface area contributed by atoms with Gasteiger partial charge in [-0.15, -0.1) is 0 Å². The number of hydrogen-bond acceptors (Lipinski definition) is 4. The number of pyridine rings is 1. The van der Waals surface area contributed by atoms with Crippen molar-refractivity contribution in [1.29, 1.82) is 0 Å². The van der Waals surface area contributed by atoms with Crippen LogP contribution in [0.2, 0.25) is 0 Å². The van der Waals surface area contributed by atoms with E-state index in [-0.39, 0.29) is 17.9 Å². The molecule has 2 aromatic rings. The number of fused-ring (bicyclic) bond motifs is 1.